The summed E-state index contributed by atoms with van der Waals surface area (Å²) in [5.41, 5.74) is 0. The second kappa shape index (κ2) is 15.2. The molecule has 0 N–H and O–H groups in total. The maximum Gasteiger partial charge on any atom is 0.305 e. The number of carbonyl (C=O) groups is 1. The van der Waals surface area contributed by atoms with Gasteiger partial charge in [-0.15, -0.1) is 5.92 Å². The van der Waals surface area contributed by atoms with Crippen LogP contribution in [0, 0.1) is 35.5 Å². The van der Waals surface area contributed by atoms with Gasteiger partial charge >= 0.3 is 5.97 Å². The van der Waals surface area contributed by atoms with E-state index in [1.165, 1.54) is 7.11 Å². The van der Waals surface area contributed by atoms with Gasteiger partial charge in [-0.2, -0.15) is 0 Å². The van der Waals surface area contributed by atoms with Crippen molar-refractivity contribution in [3.63, 3.8) is 0 Å². The molecule has 0 aromatic heterocycles. The van der Waals surface area contributed by atoms with E-state index >= 15 is 0 Å². The van der Waals surface area contributed by atoms with Crippen LogP contribution in [-0.2, 0) is 9.53 Å². The van der Waals surface area contributed by atoms with Crippen molar-refractivity contribution in [3.05, 3.63) is 0 Å². The van der Waals surface area contributed by atoms with Crippen LogP contribution in [0.15, 0.2) is 0 Å². The van der Waals surface area contributed by atoms with Crippen LogP contribution in [-0.4, -0.2) is 13.1 Å². The highest BCUT2D eigenvalue weighted by molar-refractivity contribution is 5.68. The first-order valence-electron chi connectivity index (χ1n) is 7.29. The molecule has 2 heteroatoms. The lowest BCUT2D eigenvalue weighted by Gasteiger charge is -1.99. The highest BCUT2D eigenvalue weighted by Crippen LogP contribution is 2.07. The Morgan fingerprint density at radius 3 is 2.35 bits per heavy atom. The summed E-state index contributed by atoms with van der Waals surface area (Å²) < 4.78 is 4.59. The summed E-state index contributed by atoms with van der Waals surface area (Å²) in [6, 6.07) is 0. The second-order valence-corrected chi connectivity index (χ2v) is 4.33. The molecule has 0 aromatic rings. The van der Waals surface area contributed by atoms with Crippen LogP contribution in [0.2, 0.25) is 0 Å². The summed E-state index contributed by atoms with van der Waals surface area (Å²) in [4.78, 5) is 10.9. The van der Waals surface area contributed by atoms with Gasteiger partial charge in [0, 0.05) is 19.3 Å². The number of unbranched alkanes of at least 4 members (excludes halogenated alkanes) is 5. The van der Waals surface area contributed by atoms with Crippen molar-refractivity contribution in [2.45, 2.75) is 64.7 Å². The van der Waals surface area contributed by atoms with E-state index in [4.69, 9.17) is 0 Å². The standard InChI is InChI=1S/C18H24O2/c1-3-4-5-6-7-8-9-10-11-12-13-14-15-16-17-18(19)20-2/h3,6,11-17H2,1-2H3. The number of esters is 1. The predicted molar refractivity (Wildman–Crippen MR) is 82.6 cm³/mol. The molecule has 108 valence electrons. The van der Waals surface area contributed by atoms with Crippen molar-refractivity contribution in [3.8, 4) is 35.5 Å². The molecular weight excluding hydrogens is 248 g/mol. The third-order valence-electron chi connectivity index (χ3n) is 2.63. The minimum absolute atomic E-state index is 0.113. The zero-order chi connectivity index (χ0) is 14.9. The fraction of sp³-hybridized carbons (Fsp3) is 0.611. The van der Waals surface area contributed by atoms with E-state index in [2.05, 4.69) is 40.3 Å². The summed E-state index contributed by atoms with van der Waals surface area (Å²) in [7, 11) is 1.43. The molecule has 0 aliphatic rings. The van der Waals surface area contributed by atoms with Gasteiger partial charge in [0.15, 0.2) is 0 Å². The van der Waals surface area contributed by atoms with Gasteiger partial charge in [0.2, 0.25) is 0 Å². The van der Waals surface area contributed by atoms with Gasteiger partial charge in [0.25, 0.3) is 0 Å². The molecule has 0 aliphatic carbocycles. The van der Waals surface area contributed by atoms with E-state index in [1.54, 1.807) is 0 Å². The molecule has 0 fully saturated rings. The maximum absolute atomic E-state index is 10.9. The number of hydrogen-bond acceptors (Lipinski definition) is 2. The lowest BCUT2D eigenvalue weighted by molar-refractivity contribution is -0.140. The van der Waals surface area contributed by atoms with Crippen LogP contribution in [0.5, 0.6) is 0 Å². The number of ether oxygens (including phenoxy) is 1. The predicted octanol–water partition coefficient (Wildman–Crippen LogP) is 3.70. The Kier molecular flexibility index (Phi) is 13.8. The first-order valence-corrected chi connectivity index (χ1v) is 7.29. The molecule has 0 heterocycles. The van der Waals surface area contributed by atoms with Crippen LogP contribution in [0.3, 0.4) is 0 Å². The fourth-order valence-corrected chi connectivity index (χ4v) is 1.54. The van der Waals surface area contributed by atoms with Crippen molar-refractivity contribution < 1.29 is 9.53 Å². The molecule has 20 heavy (non-hydrogen) atoms. The summed E-state index contributed by atoms with van der Waals surface area (Å²) in [5, 5.41) is 0. The van der Waals surface area contributed by atoms with E-state index in [0.29, 0.717) is 12.8 Å². The molecule has 0 rings (SSSR count). The van der Waals surface area contributed by atoms with Crippen LogP contribution >= 0.6 is 0 Å². The molecule has 0 atom stereocenters. The minimum atomic E-state index is -0.113. The average Bonchev–Trinajstić information content (AvgIpc) is 2.47. The molecule has 0 amide bonds. The van der Waals surface area contributed by atoms with Gasteiger partial charge in [0.1, 0.15) is 0 Å². The summed E-state index contributed by atoms with van der Waals surface area (Å²) in [5.74, 6) is 17.4. The highest BCUT2D eigenvalue weighted by Gasteiger charge is 1.98. The zero-order valence-corrected chi connectivity index (χ0v) is 12.7. The Hall–Kier alpha value is -1.85. The number of hydrogen-bond donors (Lipinski definition) is 0. The molecule has 0 radical (unpaired) electrons. The zero-order valence-electron chi connectivity index (χ0n) is 12.7. The van der Waals surface area contributed by atoms with Crippen molar-refractivity contribution >= 4 is 5.97 Å². The van der Waals surface area contributed by atoms with Gasteiger partial charge in [-0.3, -0.25) is 4.79 Å². The number of carbonyl (C=O) groups excluding carboxylic acids is 1. The lowest BCUT2D eigenvalue weighted by atomic mass is 10.1. The quantitative estimate of drug-likeness (QED) is 0.401. The Balaban J connectivity index is 3.38. The van der Waals surface area contributed by atoms with Gasteiger partial charge in [-0.05, 0) is 24.7 Å². The second-order valence-electron chi connectivity index (χ2n) is 4.33. The van der Waals surface area contributed by atoms with E-state index in [-0.39, 0.29) is 5.97 Å². The number of methoxy groups -OCH3 is 1. The normalized spacial score (nSPS) is 8.30. The molecule has 0 spiro atoms. The summed E-state index contributed by atoms with van der Waals surface area (Å²) in [6.07, 6.45) is 8.33. The van der Waals surface area contributed by atoms with E-state index < -0.39 is 0 Å². The third kappa shape index (κ3) is 14.2. The van der Waals surface area contributed by atoms with Gasteiger partial charge in [0.05, 0.1) is 13.5 Å². The Morgan fingerprint density at radius 2 is 1.60 bits per heavy atom. The average molecular weight is 272 g/mol. The van der Waals surface area contributed by atoms with Crippen LogP contribution in [0.4, 0.5) is 0 Å². The molecule has 0 aromatic carbocycles. The first-order chi connectivity index (χ1) is 9.81. The largest absolute Gasteiger partial charge is 0.469 e. The number of rotatable bonds is 7. The first kappa shape index (κ1) is 18.1. The molecule has 0 bridgehead atoms. The Morgan fingerprint density at radius 1 is 0.900 bits per heavy atom. The molecule has 0 unspecified atom stereocenters. The molecule has 0 saturated heterocycles. The van der Waals surface area contributed by atoms with Crippen molar-refractivity contribution in [2.24, 2.45) is 0 Å². The van der Waals surface area contributed by atoms with Crippen LogP contribution in [0.1, 0.15) is 64.7 Å². The smallest absolute Gasteiger partial charge is 0.305 e. The molecular formula is C18H24O2. The molecule has 2 nitrogen and oxygen atoms in total. The molecule has 0 saturated carbocycles. The maximum atomic E-state index is 10.9. The molecule has 0 aliphatic heterocycles. The highest BCUT2D eigenvalue weighted by atomic mass is 16.5. The van der Waals surface area contributed by atoms with Crippen LogP contribution in [0.25, 0.3) is 0 Å². The van der Waals surface area contributed by atoms with Crippen molar-refractivity contribution in [1.82, 2.24) is 0 Å². The van der Waals surface area contributed by atoms with Crippen molar-refractivity contribution in [2.75, 3.05) is 7.11 Å². The summed E-state index contributed by atoms with van der Waals surface area (Å²) in [6.45, 7) is 2.02. The van der Waals surface area contributed by atoms with E-state index in [0.717, 1.165) is 44.9 Å². The SMILES string of the molecule is CCC#CCC#CC#CCCCCCCCC(=O)OC. The Labute approximate surface area is 123 Å². The lowest BCUT2D eigenvalue weighted by Crippen LogP contribution is -1.99. The Bertz CT molecular complexity index is 429. The fourth-order valence-electron chi connectivity index (χ4n) is 1.54. The summed E-state index contributed by atoms with van der Waals surface area (Å²) >= 11 is 0. The topological polar surface area (TPSA) is 26.3 Å². The van der Waals surface area contributed by atoms with Crippen LogP contribution < -0.4 is 0 Å². The minimum Gasteiger partial charge on any atom is -0.469 e. The van der Waals surface area contributed by atoms with Crippen molar-refractivity contribution in [1.29, 1.82) is 0 Å². The van der Waals surface area contributed by atoms with Gasteiger partial charge < -0.3 is 4.74 Å². The van der Waals surface area contributed by atoms with Gasteiger partial charge in [-0.25, -0.2) is 0 Å². The third-order valence-corrected chi connectivity index (χ3v) is 2.63. The van der Waals surface area contributed by atoms with E-state index in [9.17, 15) is 4.79 Å². The monoisotopic (exact) mass is 272 g/mol. The van der Waals surface area contributed by atoms with E-state index in [1.807, 2.05) is 6.92 Å². The van der Waals surface area contributed by atoms with Gasteiger partial charge in [-0.1, -0.05) is 43.9 Å².